The van der Waals surface area contributed by atoms with Crippen LogP contribution in [0.4, 0.5) is 5.95 Å². The lowest BCUT2D eigenvalue weighted by molar-refractivity contribution is 0.0690. The summed E-state index contributed by atoms with van der Waals surface area (Å²) in [5.41, 5.74) is 1.48. The van der Waals surface area contributed by atoms with E-state index in [0.29, 0.717) is 5.95 Å². The molecule has 0 aliphatic heterocycles. The maximum atomic E-state index is 10.7. The fourth-order valence-corrected chi connectivity index (χ4v) is 1.86. The number of carboxylic acid groups (broad SMARTS) is 1. The molecule has 1 heterocycles. The third-order valence-electron chi connectivity index (χ3n) is 2.74. The zero-order valence-electron chi connectivity index (χ0n) is 9.52. The summed E-state index contributed by atoms with van der Waals surface area (Å²) in [7, 11) is 0. The monoisotopic (exact) mass is 233 g/mol. The van der Waals surface area contributed by atoms with Gasteiger partial charge in [0.25, 0.3) is 0 Å². The van der Waals surface area contributed by atoms with Gasteiger partial charge in [0.15, 0.2) is 5.69 Å². The highest BCUT2D eigenvalue weighted by Crippen LogP contribution is 2.20. The van der Waals surface area contributed by atoms with Gasteiger partial charge < -0.3 is 10.4 Å². The van der Waals surface area contributed by atoms with Crippen molar-refractivity contribution in [1.29, 1.82) is 0 Å². The molecular formula is C12H15N3O2. The minimum absolute atomic E-state index is 0.0163. The van der Waals surface area contributed by atoms with Gasteiger partial charge in [-0.15, -0.1) is 0 Å². The molecule has 1 aliphatic carbocycles. The molecule has 17 heavy (non-hydrogen) atoms. The van der Waals surface area contributed by atoms with Gasteiger partial charge in [-0.05, 0) is 31.7 Å². The SMILES string of the molecule is O=C(O)c1ccnc(NCCC2=CCCC2)n1. The van der Waals surface area contributed by atoms with E-state index in [0.717, 1.165) is 13.0 Å². The Labute approximate surface area is 99.6 Å². The Balaban J connectivity index is 1.86. The number of rotatable bonds is 5. The van der Waals surface area contributed by atoms with Crippen molar-refractivity contribution >= 4 is 11.9 Å². The Bertz CT molecular complexity index is 443. The Morgan fingerprint density at radius 3 is 3.12 bits per heavy atom. The van der Waals surface area contributed by atoms with Crippen molar-refractivity contribution in [2.24, 2.45) is 0 Å². The number of aromatic nitrogens is 2. The van der Waals surface area contributed by atoms with Crippen LogP contribution in [0.3, 0.4) is 0 Å². The molecular weight excluding hydrogens is 218 g/mol. The van der Waals surface area contributed by atoms with Crippen LogP contribution < -0.4 is 5.32 Å². The lowest BCUT2D eigenvalue weighted by Gasteiger charge is -2.05. The number of carboxylic acids is 1. The van der Waals surface area contributed by atoms with E-state index >= 15 is 0 Å². The molecule has 0 amide bonds. The number of nitrogens with zero attached hydrogens (tertiary/aromatic N) is 2. The lowest BCUT2D eigenvalue weighted by atomic mass is 10.2. The van der Waals surface area contributed by atoms with Gasteiger partial charge in [0, 0.05) is 12.7 Å². The van der Waals surface area contributed by atoms with E-state index in [1.165, 1.54) is 37.1 Å². The number of carbonyl (C=O) groups is 1. The molecule has 0 saturated heterocycles. The van der Waals surface area contributed by atoms with E-state index in [-0.39, 0.29) is 5.69 Å². The third-order valence-corrected chi connectivity index (χ3v) is 2.74. The summed E-state index contributed by atoms with van der Waals surface area (Å²) in [6, 6.07) is 1.38. The van der Waals surface area contributed by atoms with Crippen molar-refractivity contribution in [3.05, 3.63) is 29.6 Å². The molecule has 0 radical (unpaired) electrons. The summed E-state index contributed by atoms with van der Waals surface area (Å²) in [5.74, 6) is -0.655. The van der Waals surface area contributed by atoms with Gasteiger partial charge in [-0.3, -0.25) is 0 Å². The fourth-order valence-electron chi connectivity index (χ4n) is 1.86. The summed E-state index contributed by atoms with van der Waals surface area (Å²) < 4.78 is 0. The summed E-state index contributed by atoms with van der Waals surface area (Å²) in [4.78, 5) is 18.6. The molecule has 2 N–H and O–H groups in total. The molecule has 0 saturated carbocycles. The van der Waals surface area contributed by atoms with Crippen LogP contribution in [0.5, 0.6) is 0 Å². The molecule has 0 fully saturated rings. The normalized spacial score (nSPS) is 14.5. The van der Waals surface area contributed by atoms with E-state index in [1.54, 1.807) is 0 Å². The molecule has 5 heteroatoms. The average molecular weight is 233 g/mol. The highest BCUT2D eigenvalue weighted by atomic mass is 16.4. The zero-order chi connectivity index (χ0) is 12.1. The summed E-state index contributed by atoms with van der Waals surface area (Å²) >= 11 is 0. The fraction of sp³-hybridized carbons (Fsp3) is 0.417. The number of allylic oxidation sites excluding steroid dienone is 1. The second kappa shape index (κ2) is 5.43. The first-order valence-electron chi connectivity index (χ1n) is 5.74. The first-order chi connectivity index (χ1) is 8.25. The van der Waals surface area contributed by atoms with Crippen molar-refractivity contribution in [3.8, 4) is 0 Å². The highest BCUT2D eigenvalue weighted by Gasteiger charge is 2.07. The van der Waals surface area contributed by atoms with Crippen molar-refractivity contribution < 1.29 is 9.90 Å². The quantitative estimate of drug-likeness (QED) is 0.761. The van der Waals surface area contributed by atoms with Gasteiger partial charge in [-0.25, -0.2) is 14.8 Å². The molecule has 0 bridgehead atoms. The molecule has 0 aromatic carbocycles. The third kappa shape index (κ3) is 3.27. The molecule has 5 nitrogen and oxygen atoms in total. The number of hydrogen-bond acceptors (Lipinski definition) is 4. The van der Waals surface area contributed by atoms with Crippen LogP contribution in [0.1, 0.15) is 36.2 Å². The highest BCUT2D eigenvalue weighted by molar-refractivity contribution is 5.85. The standard InChI is InChI=1S/C12H15N3O2/c16-11(17)10-6-8-14-12(15-10)13-7-5-9-3-1-2-4-9/h3,6,8H,1-2,4-5,7H2,(H,16,17)(H,13,14,15). The van der Waals surface area contributed by atoms with E-state index in [1.807, 2.05) is 0 Å². The van der Waals surface area contributed by atoms with E-state index in [2.05, 4.69) is 21.4 Å². The van der Waals surface area contributed by atoms with Crippen molar-refractivity contribution in [2.45, 2.75) is 25.7 Å². The van der Waals surface area contributed by atoms with Crippen LogP contribution in [0.25, 0.3) is 0 Å². The lowest BCUT2D eigenvalue weighted by Crippen LogP contribution is -2.09. The molecule has 0 spiro atoms. The number of anilines is 1. The van der Waals surface area contributed by atoms with Gasteiger partial charge >= 0.3 is 5.97 Å². The van der Waals surface area contributed by atoms with E-state index in [4.69, 9.17) is 5.11 Å². The van der Waals surface area contributed by atoms with Crippen LogP contribution in [0, 0.1) is 0 Å². The molecule has 1 aliphatic rings. The first kappa shape index (κ1) is 11.6. The zero-order valence-corrected chi connectivity index (χ0v) is 9.52. The average Bonchev–Trinajstić information content (AvgIpc) is 2.82. The maximum Gasteiger partial charge on any atom is 0.354 e. The van der Waals surface area contributed by atoms with Crippen LogP contribution in [0.15, 0.2) is 23.9 Å². The topological polar surface area (TPSA) is 75.1 Å². The molecule has 0 atom stereocenters. The van der Waals surface area contributed by atoms with Gasteiger partial charge in [0.05, 0.1) is 0 Å². The Hall–Kier alpha value is -1.91. The molecule has 1 aromatic heterocycles. The van der Waals surface area contributed by atoms with Gasteiger partial charge in [0.2, 0.25) is 5.95 Å². The Morgan fingerprint density at radius 1 is 1.53 bits per heavy atom. The minimum atomic E-state index is -1.03. The maximum absolute atomic E-state index is 10.7. The van der Waals surface area contributed by atoms with Crippen molar-refractivity contribution in [1.82, 2.24) is 9.97 Å². The molecule has 2 rings (SSSR count). The Kier molecular flexibility index (Phi) is 3.69. The van der Waals surface area contributed by atoms with Crippen LogP contribution in [-0.2, 0) is 0 Å². The number of nitrogens with one attached hydrogen (secondary N) is 1. The van der Waals surface area contributed by atoms with Crippen LogP contribution in [0.2, 0.25) is 0 Å². The number of hydrogen-bond donors (Lipinski definition) is 2. The van der Waals surface area contributed by atoms with Crippen LogP contribution in [-0.4, -0.2) is 27.6 Å². The second-order valence-corrected chi connectivity index (χ2v) is 4.00. The van der Waals surface area contributed by atoms with E-state index < -0.39 is 5.97 Å². The van der Waals surface area contributed by atoms with Gasteiger partial charge in [-0.1, -0.05) is 11.6 Å². The summed E-state index contributed by atoms with van der Waals surface area (Å²) in [6.45, 7) is 0.745. The summed E-state index contributed by atoms with van der Waals surface area (Å²) in [5, 5.41) is 11.8. The number of aromatic carboxylic acids is 1. The van der Waals surface area contributed by atoms with Crippen molar-refractivity contribution in [3.63, 3.8) is 0 Å². The smallest absolute Gasteiger partial charge is 0.354 e. The van der Waals surface area contributed by atoms with E-state index in [9.17, 15) is 4.79 Å². The van der Waals surface area contributed by atoms with Gasteiger partial charge in [-0.2, -0.15) is 0 Å². The predicted molar refractivity (Wildman–Crippen MR) is 64.0 cm³/mol. The Morgan fingerprint density at radius 2 is 2.41 bits per heavy atom. The van der Waals surface area contributed by atoms with Crippen LogP contribution >= 0.6 is 0 Å². The second-order valence-electron chi connectivity index (χ2n) is 4.00. The molecule has 1 aromatic rings. The first-order valence-corrected chi connectivity index (χ1v) is 5.74. The molecule has 0 unspecified atom stereocenters. The minimum Gasteiger partial charge on any atom is -0.477 e. The van der Waals surface area contributed by atoms with Crippen molar-refractivity contribution in [2.75, 3.05) is 11.9 Å². The predicted octanol–water partition coefficient (Wildman–Crippen LogP) is 2.09. The largest absolute Gasteiger partial charge is 0.477 e. The van der Waals surface area contributed by atoms with Gasteiger partial charge in [0.1, 0.15) is 0 Å². The summed E-state index contributed by atoms with van der Waals surface area (Å²) in [6.07, 6.45) is 8.31. The molecule has 90 valence electrons.